The van der Waals surface area contributed by atoms with Crippen LogP contribution in [0.2, 0.25) is 0 Å². The maximum atomic E-state index is 12.2. The number of imide groups is 1. The average Bonchev–Trinajstić information content (AvgIpc) is 2.87. The number of hydroxylamine groups is 2. The predicted octanol–water partition coefficient (Wildman–Crippen LogP) is 2.65. The molecule has 7 heteroatoms. The van der Waals surface area contributed by atoms with E-state index in [-0.39, 0.29) is 28.5 Å². The SMILES string of the molecule is CC(C)C(=O)Nc1ccc(C(=O)ON2C(=O)c3ccccc3C2=O)cc1. The van der Waals surface area contributed by atoms with Crippen molar-refractivity contribution in [1.82, 2.24) is 5.06 Å². The molecule has 132 valence electrons. The number of carbonyl (C=O) groups excluding carboxylic acids is 4. The molecule has 0 saturated carbocycles. The summed E-state index contributed by atoms with van der Waals surface area (Å²) in [4.78, 5) is 53.2. The van der Waals surface area contributed by atoms with Gasteiger partial charge < -0.3 is 10.2 Å². The van der Waals surface area contributed by atoms with Gasteiger partial charge in [0.25, 0.3) is 11.8 Å². The molecule has 0 aliphatic carbocycles. The Kier molecular flexibility index (Phi) is 4.53. The van der Waals surface area contributed by atoms with E-state index in [1.165, 1.54) is 24.3 Å². The van der Waals surface area contributed by atoms with Crippen molar-refractivity contribution in [2.75, 3.05) is 5.32 Å². The summed E-state index contributed by atoms with van der Waals surface area (Å²) in [5.74, 6) is -2.53. The number of hydrogen-bond donors (Lipinski definition) is 1. The predicted molar refractivity (Wildman–Crippen MR) is 92.3 cm³/mol. The van der Waals surface area contributed by atoms with Gasteiger partial charge in [-0.05, 0) is 36.4 Å². The van der Waals surface area contributed by atoms with Crippen molar-refractivity contribution < 1.29 is 24.0 Å². The van der Waals surface area contributed by atoms with Crippen LogP contribution in [0.1, 0.15) is 44.9 Å². The fourth-order valence-corrected chi connectivity index (χ4v) is 2.36. The second kappa shape index (κ2) is 6.79. The van der Waals surface area contributed by atoms with E-state index in [9.17, 15) is 19.2 Å². The average molecular weight is 352 g/mol. The number of rotatable bonds is 4. The lowest BCUT2D eigenvalue weighted by molar-refractivity contribution is -0.118. The van der Waals surface area contributed by atoms with Crippen LogP contribution in [0.15, 0.2) is 48.5 Å². The van der Waals surface area contributed by atoms with Crippen LogP contribution in [0.5, 0.6) is 0 Å². The number of amides is 3. The number of carbonyl (C=O) groups is 4. The second-order valence-corrected chi connectivity index (χ2v) is 6.05. The molecule has 1 aliphatic rings. The van der Waals surface area contributed by atoms with Crippen LogP contribution in [0.25, 0.3) is 0 Å². The van der Waals surface area contributed by atoms with Crippen molar-refractivity contribution in [1.29, 1.82) is 0 Å². The van der Waals surface area contributed by atoms with E-state index in [4.69, 9.17) is 4.84 Å². The second-order valence-electron chi connectivity index (χ2n) is 6.05. The van der Waals surface area contributed by atoms with Crippen molar-refractivity contribution in [2.24, 2.45) is 5.92 Å². The first-order valence-corrected chi connectivity index (χ1v) is 7.99. The minimum absolute atomic E-state index is 0.143. The minimum atomic E-state index is -0.846. The first-order valence-electron chi connectivity index (χ1n) is 7.99. The topological polar surface area (TPSA) is 92.8 Å². The lowest BCUT2D eigenvalue weighted by Crippen LogP contribution is -2.32. The zero-order valence-corrected chi connectivity index (χ0v) is 14.2. The van der Waals surface area contributed by atoms with E-state index in [0.717, 1.165) is 0 Å². The molecule has 0 aromatic heterocycles. The van der Waals surface area contributed by atoms with Crippen LogP contribution in [0, 0.1) is 5.92 Å². The number of anilines is 1. The molecule has 0 radical (unpaired) electrons. The number of nitrogens with zero attached hydrogens (tertiary/aromatic N) is 1. The van der Waals surface area contributed by atoms with E-state index in [1.54, 1.807) is 38.1 Å². The van der Waals surface area contributed by atoms with Crippen molar-refractivity contribution >= 4 is 29.4 Å². The Balaban J connectivity index is 1.70. The van der Waals surface area contributed by atoms with Crippen molar-refractivity contribution in [3.8, 4) is 0 Å². The summed E-state index contributed by atoms with van der Waals surface area (Å²) in [7, 11) is 0. The third-order valence-corrected chi connectivity index (χ3v) is 3.84. The van der Waals surface area contributed by atoms with Crippen molar-refractivity contribution in [2.45, 2.75) is 13.8 Å². The fourth-order valence-electron chi connectivity index (χ4n) is 2.36. The van der Waals surface area contributed by atoms with Gasteiger partial charge in [-0.15, -0.1) is 0 Å². The largest absolute Gasteiger partial charge is 0.363 e. The first-order chi connectivity index (χ1) is 12.4. The Morgan fingerprint density at radius 1 is 0.923 bits per heavy atom. The van der Waals surface area contributed by atoms with E-state index >= 15 is 0 Å². The van der Waals surface area contributed by atoms with Gasteiger partial charge in [0.1, 0.15) is 0 Å². The normalized spacial score (nSPS) is 13.0. The summed E-state index contributed by atoms with van der Waals surface area (Å²) >= 11 is 0. The van der Waals surface area contributed by atoms with E-state index in [2.05, 4.69) is 5.32 Å². The van der Waals surface area contributed by atoms with Crippen LogP contribution in [0.4, 0.5) is 5.69 Å². The molecule has 26 heavy (non-hydrogen) atoms. The first kappa shape index (κ1) is 17.3. The van der Waals surface area contributed by atoms with Gasteiger partial charge in [0.15, 0.2) is 0 Å². The number of benzene rings is 2. The van der Waals surface area contributed by atoms with E-state index in [0.29, 0.717) is 10.8 Å². The van der Waals surface area contributed by atoms with E-state index < -0.39 is 17.8 Å². The van der Waals surface area contributed by atoms with Crippen LogP contribution < -0.4 is 5.32 Å². The van der Waals surface area contributed by atoms with Gasteiger partial charge in [-0.25, -0.2) is 4.79 Å². The molecule has 0 saturated heterocycles. The van der Waals surface area contributed by atoms with Gasteiger partial charge in [-0.3, -0.25) is 14.4 Å². The quantitative estimate of drug-likeness (QED) is 0.854. The number of nitrogens with one attached hydrogen (secondary N) is 1. The van der Waals surface area contributed by atoms with E-state index in [1.807, 2.05) is 0 Å². The Hall–Kier alpha value is -3.48. The summed E-state index contributed by atoms with van der Waals surface area (Å²) in [6.07, 6.45) is 0. The maximum Gasteiger partial charge on any atom is 0.363 e. The summed E-state index contributed by atoms with van der Waals surface area (Å²) in [6.45, 7) is 3.53. The molecule has 3 rings (SSSR count). The Morgan fingerprint density at radius 3 is 1.96 bits per heavy atom. The molecule has 0 atom stereocenters. The molecule has 0 fully saturated rings. The molecule has 1 heterocycles. The van der Waals surface area contributed by atoms with Crippen molar-refractivity contribution in [3.63, 3.8) is 0 Å². The molecule has 3 amide bonds. The highest BCUT2D eigenvalue weighted by Crippen LogP contribution is 2.23. The summed E-state index contributed by atoms with van der Waals surface area (Å²) in [5, 5.41) is 3.16. The van der Waals surface area contributed by atoms with Gasteiger partial charge in [0, 0.05) is 11.6 Å². The highest BCUT2D eigenvalue weighted by Gasteiger charge is 2.38. The molecule has 7 nitrogen and oxygen atoms in total. The zero-order chi connectivity index (χ0) is 18.8. The third kappa shape index (κ3) is 3.19. The number of fused-ring (bicyclic) bond motifs is 1. The molecular weight excluding hydrogens is 336 g/mol. The van der Waals surface area contributed by atoms with Crippen LogP contribution >= 0.6 is 0 Å². The maximum absolute atomic E-state index is 12.2. The molecule has 0 bridgehead atoms. The molecule has 1 aliphatic heterocycles. The Bertz CT molecular complexity index is 867. The molecule has 0 spiro atoms. The molecule has 1 N–H and O–H groups in total. The number of hydrogen-bond acceptors (Lipinski definition) is 5. The fraction of sp³-hybridized carbons (Fsp3) is 0.158. The molecule has 2 aromatic rings. The highest BCUT2D eigenvalue weighted by atomic mass is 16.7. The summed E-state index contributed by atoms with van der Waals surface area (Å²) in [6, 6.07) is 12.2. The van der Waals surface area contributed by atoms with Crippen molar-refractivity contribution in [3.05, 3.63) is 65.2 Å². The lowest BCUT2D eigenvalue weighted by Gasteiger charge is -2.13. The van der Waals surface area contributed by atoms with Gasteiger partial charge in [-0.2, -0.15) is 0 Å². The Morgan fingerprint density at radius 2 is 1.46 bits per heavy atom. The molecular formula is C19H16N2O5. The Labute approximate surface area is 149 Å². The standard InChI is InChI=1S/C19H16N2O5/c1-11(2)16(22)20-13-9-7-12(8-10-13)19(25)26-21-17(23)14-5-3-4-6-15(14)18(21)24/h3-11H,1-2H3,(H,20,22). The third-order valence-electron chi connectivity index (χ3n) is 3.84. The van der Waals surface area contributed by atoms with Gasteiger partial charge in [-0.1, -0.05) is 31.0 Å². The van der Waals surface area contributed by atoms with Crippen LogP contribution in [0.3, 0.4) is 0 Å². The summed E-state index contributed by atoms with van der Waals surface area (Å²) < 4.78 is 0. The monoisotopic (exact) mass is 352 g/mol. The minimum Gasteiger partial charge on any atom is -0.326 e. The smallest absolute Gasteiger partial charge is 0.326 e. The zero-order valence-electron chi connectivity index (χ0n) is 14.2. The van der Waals surface area contributed by atoms with Gasteiger partial charge >= 0.3 is 5.97 Å². The van der Waals surface area contributed by atoms with Gasteiger partial charge in [0.2, 0.25) is 5.91 Å². The van der Waals surface area contributed by atoms with Crippen LogP contribution in [-0.2, 0) is 9.63 Å². The lowest BCUT2D eigenvalue weighted by atomic mass is 10.1. The van der Waals surface area contributed by atoms with Crippen LogP contribution in [-0.4, -0.2) is 28.8 Å². The highest BCUT2D eigenvalue weighted by molar-refractivity contribution is 6.21. The molecule has 2 aromatic carbocycles. The molecule has 0 unspecified atom stereocenters. The van der Waals surface area contributed by atoms with Gasteiger partial charge in [0.05, 0.1) is 16.7 Å². The summed E-state index contributed by atoms with van der Waals surface area (Å²) in [5.41, 5.74) is 1.05.